The minimum Gasteiger partial charge on any atom is -0.352 e. The number of piperidine rings is 1. The molecule has 4 nitrogen and oxygen atoms in total. The molecule has 0 aromatic carbocycles. The zero-order valence-electron chi connectivity index (χ0n) is 13.1. The minimum atomic E-state index is -4.80. The van der Waals surface area contributed by atoms with Crippen molar-refractivity contribution in [2.75, 3.05) is 19.6 Å². The van der Waals surface area contributed by atoms with E-state index in [9.17, 15) is 22.8 Å². The van der Waals surface area contributed by atoms with Gasteiger partial charge in [-0.3, -0.25) is 9.59 Å². The molecule has 0 radical (unpaired) electrons. The quantitative estimate of drug-likeness (QED) is 0.805. The molecule has 1 aliphatic heterocycles. The third-order valence-electron chi connectivity index (χ3n) is 4.63. The van der Waals surface area contributed by atoms with Crippen molar-refractivity contribution in [3.63, 3.8) is 0 Å². The first kappa shape index (κ1) is 17.8. The summed E-state index contributed by atoms with van der Waals surface area (Å²) in [5.41, 5.74) is 0. The van der Waals surface area contributed by atoms with Gasteiger partial charge in [0.2, 0.25) is 5.91 Å². The Morgan fingerprint density at radius 3 is 2.26 bits per heavy atom. The van der Waals surface area contributed by atoms with Gasteiger partial charge >= 0.3 is 12.1 Å². The van der Waals surface area contributed by atoms with E-state index in [4.69, 9.17) is 0 Å². The van der Waals surface area contributed by atoms with Gasteiger partial charge in [-0.25, -0.2) is 0 Å². The van der Waals surface area contributed by atoms with Crippen molar-refractivity contribution in [1.29, 1.82) is 0 Å². The highest BCUT2D eigenvalue weighted by molar-refractivity contribution is 5.87. The van der Waals surface area contributed by atoms with Crippen molar-refractivity contribution in [2.45, 2.75) is 44.7 Å². The second kappa shape index (κ2) is 7.84. The number of halogens is 3. The highest BCUT2D eigenvalue weighted by Crippen LogP contribution is 2.25. The third-order valence-corrected chi connectivity index (χ3v) is 4.63. The van der Waals surface area contributed by atoms with Crippen LogP contribution in [-0.4, -0.2) is 42.5 Å². The van der Waals surface area contributed by atoms with Crippen LogP contribution in [-0.2, 0) is 9.59 Å². The maximum absolute atomic E-state index is 12.3. The maximum atomic E-state index is 12.3. The van der Waals surface area contributed by atoms with Crippen LogP contribution in [0, 0.1) is 11.8 Å². The van der Waals surface area contributed by atoms with Gasteiger partial charge in [-0.1, -0.05) is 18.9 Å². The minimum absolute atomic E-state index is 0.0940. The monoisotopic (exact) mass is 332 g/mol. The fourth-order valence-electron chi connectivity index (χ4n) is 3.20. The lowest BCUT2D eigenvalue weighted by Crippen LogP contribution is -2.46. The normalized spacial score (nSPS) is 21.1. The number of carbonyl (C=O) groups excluding carboxylic acids is 2. The Morgan fingerprint density at radius 2 is 1.70 bits per heavy atom. The van der Waals surface area contributed by atoms with Crippen molar-refractivity contribution in [3.05, 3.63) is 12.2 Å². The van der Waals surface area contributed by atoms with Crippen molar-refractivity contribution in [2.24, 2.45) is 11.8 Å². The molecule has 0 unspecified atom stereocenters. The summed E-state index contributed by atoms with van der Waals surface area (Å²) in [5.74, 6) is -1.29. The molecule has 1 saturated carbocycles. The number of allylic oxidation sites excluding steroid dienone is 1. The van der Waals surface area contributed by atoms with Gasteiger partial charge in [0, 0.05) is 19.6 Å². The lowest BCUT2D eigenvalue weighted by molar-refractivity contribution is -0.186. The van der Waals surface area contributed by atoms with Crippen LogP contribution in [0.2, 0.25) is 0 Å². The van der Waals surface area contributed by atoms with Crippen molar-refractivity contribution in [3.8, 4) is 0 Å². The molecule has 2 amide bonds. The number of hydrogen-bond acceptors (Lipinski definition) is 2. The van der Waals surface area contributed by atoms with Gasteiger partial charge in [0.15, 0.2) is 0 Å². The van der Waals surface area contributed by atoms with E-state index >= 15 is 0 Å². The number of amides is 2. The first-order chi connectivity index (χ1) is 10.9. The van der Waals surface area contributed by atoms with E-state index in [1.54, 1.807) is 6.08 Å². The average molecular weight is 332 g/mol. The molecule has 7 heteroatoms. The van der Waals surface area contributed by atoms with Crippen LogP contribution in [0.1, 0.15) is 38.5 Å². The van der Waals surface area contributed by atoms with Gasteiger partial charge in [0.05, 0.1) is 0 Å². The predicted octanol–water partition coefficient (Wildman–Crippen LogP) is 2.65. The predicted molar refractivity (Wildman–Crippen MR) is 79.5 cm³/mol. The van der Waals surface area contributed by atoms with Crippen LogP contribution >= 0.6 is 0 Å². The Morgan fingerprint density at radius 1 is 1.09 bits per heavy atom. The molecule has 2 rings (SSSR count). The second-order valence-electron chi connectivity index (χ2n) is 6.38. The molecule has 1 aliphatic carbocycles. The van der Waals surface area contributed by atoms with E-state index in [2.05, 4.69) is 5.32 Å². The van der Waals surface area contributed by atoms with E-state index in [1.807, 2.05) is 6.08 Å². The summed E-state index contributed by atoms with van der Waals surface area (Å²) >= 11 is 0. The fourth-order valence-corrected chi connectivity index (χ4v) is 3.20. The van der Waals surface area contributed by atoms with E-state index in [-0.39, 0.29) is 24.9 Å². The molecule has 1 saturated heterocycles. The van der Waals surface area contributed by atoms with Gasteiger partial charge < -0.3 is 10.2 Å². The number of alkyl halides is 3. The summed E-state index contributed by atoms with van der Waals surface area (Å²) in [7, 11) is 0. The highest BCUT2D eigenvalue weighted by Gasteiger charge is 2.43. The SMILES string of the molecule is O=C(/C=C/C1CCCC1)NCC1CCN(C(=O)C(F)(F)F)CC1. The van der Waals surface area contributed by atoms with Gasteiger partial charge in [-0.05, 0) is 43.6 Å². The van der Waals surface area contributed by atoms with Crippen LogP contribution in [0.15, 0.2) is 12.2 Å². The standard InChI is InChI=1S/C16H23F3N2O2/c17-16(18,19)15(23)21-9-7-13(8-10-21)11-20-14(22)6-5-12-3-1-2-4-12/h5-6,12-13H,1-4,7-11H2,(H,20,22)/b6-5+. The van der Waals surface area contributed by atoms with E-state index in [0.717, 1.165) is 17.7 Å². The molecule has 0 bridgehead atoms. The molecule has 0 spiro atoms. The Hall–Kier alpha value is -1.53. The molecule has 1 N–H and O–H groups in total. The lowest BCUT2D eigenvalue weighted by Gasteiger charge is -2.32. The second-order valence-corrected chi connectivity index (χ2v) is 6.38. The zero-order valence-corrected chi connectivity index (χ0v) is 13.1. The Balaban J connectivity index is 1.66. The number of likely N-dealkylation sites (tertiary alicyclic amines) is 1. The van der Waals surface area contributed by atoms with Crippen molar-refractivity contribution >= 4 is 11.8 Å². The molecule has 0 aromatic heterocycles. The number of nitrogens with zero attached hydrogens (tertiary/aromatic N) is 1. The van der Waals surface area contributed by atoms with Gasteiger partial charge in [0.25, 0.3) is 0 Å². The van der Waals surface area contributed by atoms with Crippen molar-refractivity contribution in [1.82, 2.24) is 10.2 Å². The summed E-state index contributed by atoms with van der Waals surface area (Å²) in [5, 5.41) is 2.80. The summed E-state index contributed by atoms with van der Waals surface area (Å²) < 4.78 is 37.0. The Labute approximate surface area is 134 Å². The van der Waals surface area contributed by atoms with Gasteiger partial charge in [-0.15, -0.1) is 0 Å². The molecular formula is C16H23F3N2O2. The summed E-state index contributed by atoms with van der Waals surface area (Å²) in [6, 6.07) is 0. The molecule has 0 aromatic rings. The number of hydrogen-bond donors (Lipinski definition) is 1. The van der Waals surface area contributed by atoms with Crippen LogP contribution < -0.4 is 5.32 Å². The molecule has 130 valence electrons. The number of rotatable bonds is 4. The number of carbonyl (C=O) groups is 2. The first-order valence-electron chi connectivity index (χ1n) is 8.18. The summed E-state index contributed by atoms with van der Waals surface area (Å²) in [6.45, 7) is 0.634. The Kier molecular flexibility index (Phi) is 6.07. The van der Waals surface area contributed by atoms with E-state index in [1.165, 1.54) is 12.8 Å². The van der Waals surface area contributed by atoms with E-state index in [0.29, 0.717) is 25.3 Å². The smallest absolute Gasteiger partial charge is 0.352 e. The first-order valence-corrected chi connectivity index (χ1v) is 8.18. The molecular weight excluding hydrogens is 309 g/mol. The molecule has 2 fully saturated rings. The van der Waals surface area contributed by atoms with E-state index < -0.39 is 12.1 Å². The van der Waals surface area contributed by atoms with Crippen LogP contribution in [0.5, 0.6) is 0 Å². The van der Waals surface area contributed by atoms with Crippen molar-refractivity contribution < 1.29 is 22.8 Å². The van der Waals surface area contributed by atoms with Gasteiger partial charge in [-0.2, -0.15) is 13.2 Å². The lowest BCUT2D eigenvalue weighted by atomic mass is 9.96. The third kappa shape index (κ3) is 5.55. The summed E-state index contributed by atoms with van der Waals surface area (Å²) in [6.07, 6.45) is 4.38. The summed E-state index contributed by atoms with van der Waals surface area (Å²) in [4.78, 5) is 23.7. The molecule has 0 atom stereocenters. The zero-order chi connectivity index (χ0) is 16.9. The molecule has 2 aliphatic rings. The molecule has 1 heterocycles. The van der Waals surface area contributed by atoms with Gasteiger partial charge in [0.1, 0.15) is 0 Å². The Bertz CT molecular complexity index is 449. The average Bonchev–Trinajstić information content (AvgIpc) is 3.03. The molecule has 23 heavy (non-hydrogen) atoms. The topological polar surface area (TPSA) is 49.4 Å². The highest BCUT2D eigenvalue weighted by atomic mass is 19.4. The van der Waals surface area contributed by atoms with Crippen LogP contribution in [0.4, 0.5) is 13.2 Å². The maximum Gasteiger partial charge on any atom is 0.471 e. The largest absolute Gasteiger partial charge is 0.471 e. The fraction of sp³-hybridized carbons (Fsp3) is 0.750. The van der Waals surface area contributed by atoms with Crippen LogP contribution in [0.3, 0.4) is 0 Å². The number of nitrogens with one attached hydrogen (secondary N) is 1. The van der Waals surface area contributed by atoms with Crippen LogP contribution in [0.25, 0.3) is 0 Å².